The fourth-order valence-electron chi connectivity index (χ4n) is 3.85. The first kappa shape index (κ1) is 20.5. The van der Waals surface area contributed by atoms with Gasteiger partial charge in [0.2, 0.25) is 5.95 Å². The lowest BCUT2D eigenvalue weighted by atomic mass is 10.0. The average Bonchev–Trinajstić information content (AvgIpc) is 3.08. The lowest BCUT2D eigenvalue weighted by Crippen LogP contribution is -2.38. The van der Waals surface area contributed by atoms with E-state index in [0.717, 1.165) is 24.0 Å². The van der Waals surface area contributed by atoms with Crippen molar-refractivity contribution in [1.29, 1.82) is 0 Å². The molecule has 1 aliphatic heterocycles. The van der Waals surface area contributed by atoms with Gasteiger partial charge in [0.05, 0.1) is 26.1 Å². The second-order valence-electron chi connectivity index (χ2n) is 8.68. The molecule has 4 rings (SSSR count). The fourth-order valence-corrected chi connectivity index (χ4v) is 3.85. The largest absolute Gasteiger partial charge is 0.416 e. The van der Waals surface area contributed by atoms with Crippen LogP contribution in [0.4, 0.5) is 29.7 Å². The summed E-state index contributed by atoms with van der Waals surface area (Å²) in [6.45, 7) is 1.84. The van der Waals surface area contributed by atoms with E-state index in [0.29, 0.717) is 21.7 Å². The first-order valence-electron chi connectivity index (χ1n) is 13.4. The Balaban J connectivity index is 1.56. The van der Waals surface area contributed by atoms with Gasteiger partial charge in [0, 0.05) is 33.7 Å². The molecule has 0 unspecified atom stereocenters. The molecule has 190 valence electrons. The molecule has 1 aromatic carbocycles. The number of hydrogen-bond acceptors (Lipinski definition) is 5. The van der Waals surface area contributed by atoms with Crippen LogP contribution in [0.3, 0.4) is 0 Å². The zero-order chi connectivity index (χ0) is 29.6. The molecule has 10 heteroatoms. The normalized spacial score (nSPS) is 20.6. The van der Waals surface area contributed by atoms with E-state index in [1.54, 1.807) is 39.0 Å². The van der Waals surface area contributed by atoms with Crippen molar-refractivity contribution in [2.45, 2.75) is 46.0 Å². The Kier molecular flexibility index (Phi) is 5.76. The van der Waals surface area contributed by atoms with Gasteiger partial charge >= 0.3 is 12.2 Å². The molecule has 0 radical (unpaired) electrons. The van der Waals surface area contributed by atoms with Gasteiger partial charge in [0.15, 0.2) is 0 Å². The molecule has 2 amide bonds. The maximum absolute atomic E-state index is 13.3. The first-order chi connectivity index (χ1) is 18.5. The molecular formula is C26H29F3N6O. The van der Waals surface area contributed by atoms with Gasteiger partial charge in [-0.05, 0) is 49.6 Å². The number of likely N-dealkylation sites (N-methyl/N-ethyl adjacent to an activating group) is 1. The summed E-state index contributed by atoms with van der Waals surface area (Å²) in [5.41, 5.74) is 0.709. The quantitative estimate of drug-likeness (QED) is 0.428. The van der Waals surface area contributed by atoms with Crippen LogP contribution in [-0.2, 0) is 6.18 Å². The van der Waals surface area contributed by atoms with E-state index >= 15 is 0 Å². The van der Waals surface area contributed by atoms with Crippen molar-refractivity contribution >= 4 is 17.8 Å². The molecule has 0 spiro atoms. The van der Waals surface area contributed by atoms with Gasteiger partial charge in [-0.25, -0.2) is 9.78 Å². The Hall–Kier alpha value is -3.69. The minimum atomic E-state index is -4.45. The predicted molar refractivity (Wildman–Crippen MR) is 132 cm³/mol. The van der Waals surface area contributed by atoms with Crippen molar-refractivity contribution in [3.8, 4) is 11.1 Å². The van der Waals surface area contributed by atoms with Crippen LogP contribution in [0.5, 0.6) is 0 Å². The van der Waals surface area contributed by atoms with E-state index in [9.17, 15) is 18.0 Å². The Morgan fingerprint density at radius 1 is 1.17 bits per heavy atom. The third-order valence-electron chi connectivity index (χ3n) is 5.78. The van der Waals surface area contributed by atoms with E-state index in [1.807, 2.05) is 0 Å². The topological polar surface area (TPSA) is 74.2 Å². The number of rotatable bonds is 7. The van der Waals surface area contributed by atoms with Gasteiger partial charge in [-0.3, -0.25) is 9.88 Å². The van der Waals surface area contributed by atoms with Crippen LogP contribution in [-0.4, -0.2) is 44.9 Å². The highest BCUT2D eigenvalue weighted by Crippen LogP contribution is 2.32. The third-order valence-corrected chi connectivity index (χ3v) is 5.78. The summed E-state index contributed by atoms with van der Waals surface area (Å²) >= 11 is 0. The van der Waals surface area contributed by atoms with Crippen LogP contribution >= 0.6 is 0 Å². The number of benzene rings is 1. The maximum atomic E-state index is 13.3. The minimum absolute atomic E-state index is 0.108. The van der Waals surface area contributed by atoms with Gasteiger partial charge in [0.1, 0.15) is 5.82 Å². The first-order valence-corrected chi connectivity index (χ1v) is 11.4. The highest BCUT2D eigenvalue weighted by atomic mass is 19.4. The second-order valence-corrected chi connectivity index (χ2v) is 8.68. The monoisotopic (exact) mass is 502 g/mol. The van der Waals surface area contributed by atoms with Crippen LogP contribution in [0.1, 0.15) is 50.5 Å². The molecule has 0 aliphatic carbocycles. The number of carbonyl (C=O) groups is 1. The number of anilines is 2. The standard InChI is InChI=1S/C26H29F3N6O/c1-5-34-15-22(16(2)3)35(25(34)36)23-11-12-30-24(33-23)32-17(4)21-10-9-19(14-31-21)18-7-6-8-20(13-18)26(27,28)29/h6-14,16-17,22H,5,15H2,1-4H3,(H,30,32,33)/t17-,22+/m0/s1/i5D2,15D2. The summed E-state index contributed by atoms with van der Waals surface area (Å²) in [5.74, 6) is -0.129. The van der Waals surface area contributed by atoms with Gasteiger partial charge in [-0.15, -0.1) is 0 Å². The summed E-state index contributed by atoms with van der Waals surface area (Å²) in [7, 11) is 0. The van der Waals surface area contributed by atoms with Gasteiger partial charge < -0.3 is 10.2 Å². The average molecular weight is 503 g/mol. The number of urea groups is 1. The van der Waals surface area contributed by atoms with E-state index in [4.69, 9.17) is 5.48 Å². The number of nitrogens with one attached hydrogen (secondary N) is 1. The molecule has 2 atom stereocenters. The van der Waals surface area contributed by atoms with Crippen molar-refractivity contribution in [2.75, 3.05) is 23.2 Å². The van der Waals surface area contributed by atoms with Gasteiger partial charge in [-0.1, -0.05) is 32.0 Å². The Morgan fingerprint density at radius 2 is 1.94 bits per heavy atom. The molecule has 3 heterocycles. The number of hydrogen-bond donors (Lipinski definition) is 1. The third kappa shape index (κ3) is 5.27. The van der Waals surface area contributed by atoms with E-state index < -0.39 is 42.8 Å². The smallest absolute Gasteiger partial charge is 0.346 e. The molecule has 1 N–H and O–H groups in total. The van der Waals surface area contributed by atoms with E-state index in [1.165, 1.54) is 24.5 Å². The van der Waals surface area contributed by atoms with Crippen LogP contribution < -0.4 is 10.2 Å². The summed E-state index contributed by atoms with van der Waals surface area (Å²) in [6.07, 6.45) is -1.56. The maximum Gasteiger partial charge on any atom is 0.416 e. The number of nitrogens with zero attached hydrogens (tertiary/aromatic N) is 5. The van der Waals surface area contributed by atoms with Crippen molar-refractivity contribution < 1.29 is 23.4 Å². The second kappa shape index (κ2) is 10.1. The van der Waals surface area contributed by atoms with Crippen molar-refractivity contribution in [3.05, 3.63) is 66.1 Å². The molecule has 0 saturated carbocycles. The lowest BCUT2D eigenvalue weighted by Gasteiger charge is -2.25. The summed E-state index contributed by atoms with van der Waals surface area (Å²) in [4.78, 5) is 28.0. The zero-order valence-electron chi connectivity index (χ0n) is 24.2. The van der Waals surface area contributed by atoms with Crippen molar-refractivity contribution in [1.82, 2.24) is 19.9 Å². The van der Waals surface area contributed by atoms with Gasteiger partial charge in [0.25, 0.3) is 0 Å². The molecule has 0 bridgehead atoms. The zero-order valence-corrected chi connectivity index (χ0v) is 20.2. The van der Waals surface area contributed by atoms with Crippen LogP contribution in [0.25, 0.3) is 11.1 Å². The SMILES string of the molecule is [2H]C([2H])(C)N1C(=O)N(c2ccnc(N[C@@H](C)c3ccc(-c4cccc(C(F)(F)F)c4)cn3)n2)[C@@H](C(C)C)C1([2H])[2H]. The number of carbonyl (C=O) groups excluding carboxylic acids is 1. The molecule has 1 fully saturated rings. The fraction of sp³-hybridized carbons (Fsp3) is 0.385. The Morgan fingerprint density at radius 3 is 2.58 bits per heavy atom. The molecular weight excluding hydrogens is 469 g/mol. The highest BCUT2D eigenvalue weighted by molar-refractivity contribution is 5.94. The molecule has 3 aromatic rings. The number of pyridine rings is 1. The molecule has 2 aromatic heterocycles. The van der Waals surface area contributed by atoms with Gasteiger partial charge in [-0.2, -0.15) is 18.2 Å². The van der Waals surface area contributed by atoms with Crippen LogP contribution in [0.15, 0.2) is 54.9 Å². The summed E-state index contributed by atoms with van der Waals surface area (Å²) in [5, 5.41) is 3.08. The highest BCUT2D eigenvalue weighted by Gasteiger charge is 2.39. The molecule has 1 aliphatic rings. The summed E-state index contributed by atoms with van der Waals surface area (Å²) < 4.78 is 72.5. The van der Waals surface area contributed by atoms with E-state index in [-0.39, 0.29) is 17.7 Å². The molecule has 7 nitrogen and oxygen atoms in total. The van der Waals surface area contributed by atoms with Crippen LogP contribution in [0, 0.1) is 5.92 Å². The number of amides is 2. The number of aromatic nitrogens is 3. The molecule has 36 heavy (non-hydrogen) atoms. The van der Waals surface area contributed by atoms with Crippen LogP contribution in [0.2, 0.25) is 0 Å². The van der Waals surface area contributed by atoms with E-state index in [2.05, 4.69) is 20.3 Å². The Bertz CT molecular complexity index is 1380. The minimum Gasteiger partial charge on any atom is -0.346 e. The Labute approximate surface area is 214 Å². The predicted octanol–water partition coefficient (Wildman–Crippen LogP) is 6.02. The number of halogens is 3. The molecule has 1 saturated heterocycles. The van der Waals surface area contributed by atoms with Crippen molar-refractivity contribution in [2.24, 2.45) is 5.92 Å². The number of alkyl halides is 3. The lowest BCUT2D eigenvalue weighted by molar-refractivity contribution is -0.137. The van der Waals surface area contributed by atoms with Crippen molar-refractivity contribution in [3.63, 3.8) is 0 Å². The summed E-state index contributed by atoms with van der Waals surface area (Å²) in [6, 6.07) is 7.48.